The van der Waals surface area contributed by atoms with Gasteiger partial charge in [0.1, 0.15) is 0 Å². The van der Waals surface area contributed by atoms with E-state index in [9.17, 15) is 18.0 Å². The first-order valence-corrected chi connectivity index (χ1v) is 13.8. The minimum Gasteiger partial charge on any atom is -0.493 e. The van der Waals surface area contributed by atoms with Crippen LogP contribution in [0.4, 0.5) is 5.69 Å². The van der Waals surface area contributed by atoms with Crippen LogP contribution in [0.2, 0.25) is 0 Å². The Kier molecular flexibility index (Phi) is 8.65. The zero-order valence-corrected chi connectivity index (χ0v) is 22.2. The highest BCUT2D eigenvalue weighted by molar-refractivity contribution is 7.89. The number of sulfonamides is 1. The number of methoxy groups -OCH3 is 2. The van der Waals surface area contributed by atoms with Crippen molar-refractivity contribution in [3.05, 3.63) is 83.4 Å². The minimum atomic E-state index is -3.56. The zero-order valence-electron chi connectivity index (χ0n) is 21.4. The van der Waals surface area contributed by atoms with Gasteiger partial charge in [-0.3, -0.25) is 9.59 Å². The number of ether oxygens (including phenoxy) is 2. The second kappa shape index (κ2) is 12.1. The quantitative estimate of drug-likeness (QED) is 0.408. The molecule has 4 rings (SSSR count). The monoisotopic (exact) mass is 537 g/mol. The van der Waals surface area contributed by atoms with Crippen LogP contribution in [-0.2, 0) is 16.4 Å². The Balaban J connectivity index is 1.39. The molecule has 0 spiro atoms. The average Bonchev–Trinajstić information content (AvgIpc) is 3.49. The van der Waals surface area contributed by atoms with E-state index in [-0.39, 0.29) is 16.4 Å². The highest BCUT2D eigenvalue weighted by atomic mass is 32.2. The normalized spacial score (nSPS) is 13.6. The largest absolute Gasteiger partial charge is 0.493 e. The van der Waals surface area contributed by atoms with Crippen molar-refractivity contribution in [2.75, 3.05) is 39.2 Å². The molecule has 0 bridgehead atoms. The van der Waals surface area contributed by atoms with Gasteiger partial charge in [-0.1, -0.05) is 18.2 Å². The van der Waals surface area contributed by atoms with Crippen LogP contribution >= 0.6 is 0 Å². The fraction of sp³-hybridized carbons (Fsp3) is 0.286. The lowest BCUT2D eigenvalue weighted by molar-refractivity contribution is 0.0955. The van der Waals surface area contributed by atoms with Gasteiger partial charge in [-0.2, -0.15) is 4.31 Å². The number of hydrogen-bond donors (Lipinski definition) is 2. The zero-order chi connectivity index (χ0) is 27.1. The van der Waals surface area contributed by atoms with E-state index in [1.807, 2.05) is 18.2 Å². The number of nitrogens with zero attached hydrogens (tertiary/aromatic N) is 1. The number of para-hydroxylation sites is 1. The van der Waals surface area contributed by atoms with Crippen molar-refractivity contribution in [3.63, 3.8) is 0 Å². The summed E-state index contributed by atoms with van der Waals surface area (Å²) in [5.41, 5.74) is 1.94. The summed E-state index contributed by atoms with van der Waals surface area (Å²) in [7, 11) is -0.418. The summed E-state index contributed by atoms with van der Waals surface area (Å²) in [6, 6.07) is 18.1. The van der Waals surface area contributed by atoms with E-state index in [4.69, 9.17) is 9.47 Å². The number of anilines is 1. The maximum absolute atomic E-state index is 12.9. The predicted molar refractivity (Wildman–Crippen MR) is 144 cm³/mol. The Hall–Kier alpha value is -3.89. The molecular formula is C28H31N3O6S. The maximum Gasteiger partial charge on any atom is 0.255 e. The summed E-state index contributed by atoms with van der Waals surface area (Å²) >= 11 is 0. The van der Waals surface area contributed by atoms with Crippen LogP contribution in [-0.4, -0.2) is 58.4 Å². The summed E-state index contributed by atoms with van der Waals surface area (Å²) in [5, 5.41) is 5.65. The lowest BCUT2D eigenvalue weighted by Crippen LogP contribution is -2.28. The van der Waals surface area contributed by atoms with Gasteiger partial charge >= 0.3 is 0 Å². The molecule has 3 aromatic carbocycles. The van der Waals surface area contributed by atoms with Crippen LogP contribution in [0, 0.1) is 0 Å². The summed E-state index contributed by atoms with van der Waals surface area (Å²) < 4.78 is 37.5. The molecule has 2 N–H and O–H groups in total. The SMILES string of the molecule is COc1ccc(CCNC(=O)c2ccccc2NC(=O)c2ccc(S(=O)(=O)N3CCCC3)cc2)cc1OC. The van der Waals surface area contributed by atoms with Crippen LogP contribution in [0.3, 0.4) is 0 Å². The molecule has 1 aliphatic heterocycles. The van der Waals surface area contributed by atoms with Gasteiger partial charge in [-0.25, -0.2) is 8.42 Å². The molecule has 0 unspecified atom stereocenters. The molecule has 3 aromatic rings. The fourth-order valence-corrected chi connectivity index (χ4v) is 5.81. The number of rotatable bonds is 10. The van der Waals surface area contributed by atoms with Crippen molar-refractivity contribution in [3.8, 4) is 11.5 Å². The molecule has 1 saturated heterocycles. The van der Waals surface area contributed by atoms with E-state index in [1.54, 1.807) is 38.5 Å². The molecule has 2 amide bonds. The number of hydrogen-bond acceptors (Lipinski definition) is 6. The summed E-state index contributed by atoms with van der Waals surface area (Å²) in [4.78, 5) is 26.0. The van der Waals surface area contributed by atoms with Gasteiger partial charge in [0.05, 0.1) is 30.4 Å². The smallest absolute Gasteiger partial charge is 0.255 e. The fourth-order valence-electron chi connectivity index (χ4n) is 4.29. The van der Waals surface area contributed by atoms with Crippen molar-refractivity contribution in [2.24, 2.45) is 0 Å². The van der Waals surface area contributed by atoms with E-state index < -0.39 is 15.9 Å². The maximum atomic E-state index is 12.9. The van der Waals surface area contributed by atoms with Crippen LogP contribution < -0.4 is 20.1 Å². The second-order valence-corrected chi connectivity index (χ2v) is 10.8. The first kappa shape index (κ1) is 27.2. The third-order valence-electron chi connectivity index (χ3n) is 6.39. The van der Waals surface area contributed by atoms with E-state index >= 15 is 0 Å². The Bertz CT molecular complexity index is 1400. The highest BCUT2D eigenvalue weighted by Gasteiger charge is 2.27. The Morgan fingerprint density at radius 1 is 0.868 bits per heavy atom. The van der Waals surface area contributed by atoms with Gasteiger partial charge in [0.25, 0.3) is 11.8 Å². The molecule has 9 nitrogen and oxygen atoms in total. The molecule has 200 valence electrons. The second-order valence-electron chi connectivity index (χ2n) is 8.83. The van der Waals surface area contributed by atoms with Crippen molar-refractivity contribution in [2.45, 2.75) is 24.2 Å². The third kappa shape index (κ3) is 6.15. The van der Waals surface area contributed by atoms with Gasteiger partial charge in [0.15, 0.2) is 11.5 Å². The van der Waals surface area contributed by atoms with E-state index in [0.717, 1.165) is 18.4 Å². The molecule has 0 radical (unpaired) electrons. The van der Waals surface area contributed by atoms with Crippen molar-refractivity contribution < 1.29 is 27.5 Å². The molecule has 38 heavy (non-hydrogen) atoms. The third-order valence-corrected chi connectivity index (χ3v) is 8.30. The number of nitrogens with one attached hydrogen (secondary N) is 2. The minimum absolute atomic E-state index is 0.158. The number of carbonyl (C=O) groups excluding carboxylic acids is 2. The van der Waals surface area contributed by atoms with Crippen LogP contribution in [0.25, 0.3) is 0 Å². The molecule has 0 aromatic heterocycles. The first-order chi connectivity index (χ1) is 18.3. The summed E-state index contributed by atoms with van der Waals surface area (Å²) in [6.07, 6.45) is 2.28. The van der Waals surface area contributed by atoms with E-state index in [2.05, 4.69) is 10.6 Å². The lowest BCUT2D eigenvalue weighted by atomic mass is 10.1. The molecule has 0 aliphatic carbocycles. The van der Waals surface area contributed by atoms with Crippen LogP contribution in [0.15, 0.2) is 71.6 Å². The number of benzene rings is 3. The van der Waals surface area contributed by atoms with E-state index in [0.29, 0.717) is 48.8 Å². The van der Waals surface area contributed by atoms with Gasteiger partial charge in [-0.05, 0) is 73.4 Å². The Morgan fingerprint density at radius 2 is 1.55 bits per heavy atom. The lowest BCUT2D eigenvalue weighted by Gasteiger charge is -2.16. The van der Waals surface area contributed by atoms with Crippen LogP contribution in [0.1, 0.15) is 39.1 Å². The molecule has 1 aliphatic rings. The Morgan fingerprint density at radius 3 is 2.24 bits per heavy atom. The van der Waals surface area contributed by atoms with Gasteiger partial charge < -0.3 is 20.1 Å². The van der Waals surface area contributed by atoms with Crippen LogP contribution in [0.5, 0.6) is 11.5 Å². The molecular weight excluding hydrogens is 506 g/mol. The molecule has 10 heteroatoms. The number of amides is 2. The van der Waals surface area contributed by atoms with Gasteiger partial charge in [-0.15, -0.1) is 0 Å². The molecule has 0 saturated carbocycles. The van der Waals surface area contributed by atoms with Crippen molar-refractivity contribution in [1.82, 2.24) is 9.62 Å². The Labute approximate surface area is 222 Å². The van der Waals surface area contributed by atoms with Crippen molar-refractivity contribution in [1.29, 1.82) is 0 Å². The molecule has 1 heterocycles. The number of carbonyl (C=O) groups is 2. The topological polar surface area (TPSA) is 114 Å². The molecule has 1 fully saturated rings. The first-order valence-electron chi connectivity index (χ1n) is 12.3. The summed E-state index contributed by atoms with van der Waals surface area (Å²) in [5.74, 6) is 0.480. The molecule has 0 atom stereocenters. The average molecular weight is 538 g/mol. The predicted octanol–water partition coefficient (Wildman–Crippen LogP) is 3.71. The van der Waals surface area contributed by atoms with E-state index in [1.165, 1.54) is 28.6 Å². The summed E-state index contributed by atoms with van der Waals surface area (Å²) in [6.45, 7) is 1.40. The van der Waals surface area contributed by atoms with Gasteiger partial charge in [0, 0.05) is 25.2 Å². The standard InChI is InChI=1S/C28H31N3O6S/c1-36-25-14-9-20(19-26(25)37-2)15-16-29-28(33)23-7-3-4-8-24(23)30-27(32)21-10-12-22(13-11-21)38(34,35)31-17-5-6-18-31/h3-4,7-14,19H,5-6,15-18H2,1-2H3,(H,29,33)(H,30,32). The van der Waals surface area contributed by atoms with Crippen molar-refractivity contribution >= 4 is 27.5 Å². The van der Waals surface area contributed by atoms with Gasteiger partial charge in [0.2, 0.25) is 10.0 Å². The highest BCUT2D eigenvalue weighted by Crippen LogP contribution is 2.27.